The molecule has 1 aromatic carbocycles. The Kier molecular flexibility index (Phi) is 4.02. The lowest BCUT2D eigenvalue weighted by Gasteiger charge is -2.43. The fourth-order valence-electron chi connectivity index (χ4n) is 3.95. The Morgan fingerprint density at radius 1 is 1.25 bits per heavy atom. The average Bonchev–Trinajstić information content (AvgIpc) is 2.48. The standard InChI is InChI=1S/C18H28N2/c1-3-18(8-10-19-11-9-18)14-20-12-4-5-16-13-15(2)6-7-17(16)20/h6-7,13,19H,3-5,8-12,14H2,1-2H3. The van der Waals surface area contributed by atoms with E-state index in [1.54, 1.807) is 5.56 Å². The number of hydrogen-bond donors (Lipinski definition) is 1. The molecule has 3 rings (SSSR count). The van der Waals surface area contributed by atoms with Gasteiger partial charge in [0.25, 0.3) is 0 Å². The number of nitrogens with one attached hydrogen (secondary N) is 1. The average molecular weight is 272 g/mol. The first kappa shape index (κ1) is 13.9. The van der Waals surface area contributed by atoms with E-state index in [0.29, 0.717) is 5.41 Å². The fraction of sp³-hybridized carbons (Fsp3) is 0.667. The van der Waals surface area contributed by atoms with Crippen LogP contribution in [0.1, 0.15) is 43.7 Å². The number of anilines is 1. The topological polar surface area (TPSA) is 15.3 Å². The Hall–Kier alpha value is -1.02. The van der Waals surface area contributed by atoms with E-state index in [-0.39, 0.29) is 0 Å². The zero-order valence-corrected chi connectivity index (χ0v) is 13.0. The Bertz CT molecular complexity index is 460. The molecule has 2 nitrogen and oxygen atoms in total. The number of benzene rings is 1. The summed E-state index contributed by atoms with van der Waals surface area (Å²) in [5.41, 5.74) is 5.01. The molecule has 2 heterocycles. The normalized spacial score (nSPS) is 21.6. The van der Waals surface area contributed by atoms with Gasteiger partial charge in [0.1, 0.15) is 0 Å². The first-order valence-electron chi connectivity index (χ1n) is 8.28. The highest BCUT2D eigenvalue weighted by Crippen LogP contribution is 2.37. The molecule has 0 aliphatic carbocycles. The van der Waals surface area contributed by atoms with Gasteiger partial charge in [-0.05, 0) is 69.2 Å². The summed E-state index contributed by atoms with van der Waals surface area (Å²) in [6, 6.07) is 7.02. The quantitative estimate of drug-likeness (QED) is 0.905. The molecule has 0 radical (unpaired) electrons. The highest BCUT2D eigenvalue weighted by Gasteiger charge is 2.33. The van der Waals surface area contributed by atoms with Crippen molar-refractivity contribution in [2.45, 2.75) is 46.0 Å². The molecule has 2 heteroatoms. The molecule has 20 heavy (non-hydrogen) atoms. The number of rotatable bonds is 3. The summed E-state index contributed by atoms with van der Waals surface area (Å²) in [5, 5.41) is 3.52. The Labute approximate surface area is 123 Å². The van der Waals surface area contributed by atoms with E-state index in [9.17, 15) is 0 Å². The fourth-order valence-corrected chi connectivity index (χ4v) is 3.95. The van der Waals surface area contributed by atoms with Gasteiger partial charge in [-0.15, -0.1) is 0 Å². The molecular formula is C18H28N2. The molecule has 0 atom stereocenters. The molecule has 0 unspecified atom stereocenters. The molecule has 110 valence electrons. The molecule has 1 fully saturated rings. The van der Waals surface area contributed by atoms with Crippen LogP contribution in [0.5, 0.6) is 0 Å². The van der Waals surface area contributed by atoms with Gasteiger partial charge >= 0.3 is 0 Å². The molecule has 1 aromatic rings. The molecule has 1 N–H and O–H groups in total. The third-order valence-corrected chi connectivity index (χ3v) is 5.39. The Balaban J connectivity index is 1.81. The summed E-state index contributed by atoms with van der Waals surface area (Å²) in [4.78, 5) is 2.67. The molecule has 1 saturated heterocycles. The van der Waals surface area contributed by atoms with E-state index in [0.717, 1.165) is 0 Å². The first-order valence-corrected chi connectivity index (χ1v) is 8.28. The minimum Gasteiger partial charge on any atom is -0.371 e. The van der Waals surface area contributed by atoms with Crippen LogP contribution in [0.25, 0.3) is 0 Å². The predicted octanol–water partition coefficient (Wildman–Crippen LogP) is 3.53. The molecule has 2 aliphatic heterocycles. The van der Waals surface area contributed by atoms with E-state index in [1.807, 2.05) is 0 Å². The van der Waals surface area contributed by atoms with Crippen molar-refractivity contribution in [2.75, 3.05) is 31.1 Å². The molecule has 0 aromatic heterocycles. The van der Waals surface area contributed by atoms with Gasteiger partial charge in [-0.25, -0.2) is 0 Å². The van der Waals surface area contributed by atoms with Crippen LogP contribution in [-0.4, -0.2) is 26.2 Å². The van der Waals surface area contributed by atoms with Crippen molar-refractivity contribution in [3.8, 4) is 0 Å². The molecule has 0 saturated carbocycles. The van der Waals surface area contributed by atoms with Crippen LogP contribution in [0.15, 0.2) is 18.2 Å². The van der Waals surface area contributed by atoms with Crippen molar-refractivity contribution in [1.29, 1.82) is 0 Å². The zero-order chi connectivity index (χ0) is 14.0. The van der Waals surface area contributed by atoms with E-state index in [1.165, 1.54) is 69.5 Å². The van der Waals surface area contributed by atoms with Crippen LogP contribution >= 0.6 is 0 Å². The Morgan fingerprint density at radius 3 is 2.80 bits per heavy atom. The molecule has 0 amide bonds. The van der Waals surface area contributed by atoms with Gasteiger partial charge in [-0.1, -0.05) is 24.6 Å². The predicted molar refractivity (Wildman–Crippen MR) is 86.5 cm³/mol. The van der Waals surface area contributed by atoms with Crippen molar-refractivity contribution in [1.82, 2.24) is 5.32 Å². The SMILES string of the molecule is CCC1(CN2CCCc3cc(C)ccc32)CCNCC1. The van der Waals surface area contributed by atoms with Crippen LogP contribution in [-0.2, 0) is 6.42 Å². The van der Waals surface area contributed by atoms with Gasteiger partial charge in [0, 0.05) is 18.8 Å². The zero-order valence-electron chi connectivity index (χ0n) is 13.0. The lowest BCUT2D eigenvalue weighted by molar-refractivity contribution is 0.197. The van der Waals surface area contributed by atoms with Crippen LogP contribution < -0.4 is 10.2 Å². The molecule has 0 bridgehead atoms. The maximum Gasteiger partial charge on any atom is 0.0399 e. The number of fused-ring (bicyclic) bond motifs is 1. The maximum atomic E-state index is 3.52. The highest BCUT2D eigenvalue weighted by molar-refractivity contribution is 5.56. The minimum absolute atomic E-state index is 0.532. The van der Waals surface area contributed by atoms with E-state index >= 15 is 0 Å². The molecule has 2 aliphatic rings. The largest absolute Gasteiger partial charge is 0.371 e. The van der Waals surface area contributed by atoms with Crippen molar-refractivity contribution in [3.05, 3.63) is 29.3 Å². The highest BCUT2D eigenvalue weighted by atomic mass is 15.1. The monoisotopic (exact) mass is 272 g/mol. The summed E-state index contributed by atoms with van der Waals surface area (Å²) in [6.07, 6.45) is 6.55. The van der Waals surface area contributed by atoms with E-state index in [2.05, 4.69) is 42.3 Å². The summed E-state index contributed by atoms with van der Waals surface area (Å²) < 4.78 is 0. The van der Waals surface area contributed by atoms with E-state index in [4.69, 9.17) is 0 Å². The van der Waals surface area contributed by atoms with Gasteiger partial charge in [0.2, 0.25) is 0 Å². The van der Waals surface area contributed by atoms with Crippen molar-refractivity contribution < 1.29 is 0 Å². The van der Waals surface area contributed by atoms with Gasteiger partial charge < -0.3 is 10.2 Å². The number of hydrogen-bond acceptors (Lipinski definition) is 2. The van der Waals surface area contributed by atoms with Gasteiger partial charge in [-0.2, -0.15) is 0 Å². The lowest BCUT2D eigenvalue weighted by Crippen LogP contribution is -2.46. The first-order chi connectivity index (χ1) is 9.72. The summed E-state index contributed by atoms with van der Waals surface area (Å²) >= 11 is 0. The molecular weight excluding hydrogens is 244 g/mol. The second-order valence-corrected chi connectivity index (χ2v) is 6.76. The van der Waals surface area contributed by atoms with Gasteiger partial charge in [0.15, 0.2) is 0 Å². The third kappa shape index (κ3) is 2.71. The third-order valence-electron chi connectivity index (χ3n) is 5.39. The number of piperidine rings is 1. The van der Waals surface area contributed by atoms with Gasteiger partial charge in [0.05, 0.1) is 0 Å². The molecule has 0 spiro atoms. The second kappa shape index (κ2) is 5.77. The number of aryl methyl sites for hydroxylation is 2. The van der Waals surface area contributed by atoms with Crippen LogP contribution in [0.4, 0.5) is 5.69 Å². The van der Waals surface area contributed by atoms with Crippen molar-refractivity contribution in [2.24, 2.45) is 5.41 Å². The summed E-state index contributed by atoms with van der Waals surface area (Å²) in [7, 11) is 0. The lowest BCUT2D eigenvalue weighted by atomic mass is 9.76. The van der Waals surface area contributed by atoms with Crippen molar-refractivity contribution in [3.63, 3.8) is 0 Å². The maximum absolute atomic E-state index is 3.52. The summed E-state index contributed by atoms with van der Waals surface area (Å²) in [5.74, 6) is 0. The minimum atomic E-state index is 0.532. The van der Waals surface area contributed by atoms with E-state index < -0.39 is 0 Å². The van der Waals surface area contributed by atoms with Crippen LogP contribution in [0, 0.1) is 12.3 Å². The van der Waals surface area contributed by atoms with Crippen LogP contribution in [0.3, 0.4) is 0 Å². The Morgan fingerprint density at radius 2 is 2.05 bits per heavy atom. The van der Waals surface area contributed by atoms with Crippen LogP contribution in [0.2, 0.25) is 0 Å². The second-order valence-electron chi connectivity index (χ2n) is 6.76. The number of nitrogens with zero attached hydrogens (tertiary/aromatic N) is 1. The smallest absolute Gasteiger partial charge is 0.0399 e. The van der Waals surface area contributed by atoms with Gasteiger partial charge in [-0.3, -0.25) is 0 Å². The van der Waals surface area contributed by atoms with Crippen molar-refractivity contribution >= 4 is 5.69 Å². The summed E-state index contributed by atoms with van der Waals surface area (Å²) in [6.45, 7) is 9.47.